The second kappa shape index (κ2) is 6.70. The van der Waals surface area contributed by atoms with Crippen LogP contribution in [-0.4, -0.2) is 63.9 Å². The molecule has 0 radical (unpaired) electrons. The molecule has 0 bridgehead atoms. The molecule has 27 heavy (non-hydrogen) atoms. The summed E-state index contributed by atoms with van der Waals surface area (Å²) < 4.78 is 0. The van der Waals surface area contributed by atoms with Crippen molar-refractivity contribution in [3.8, 4) is 0 Å². The van der Waals surface area contributed by atoms with E-state index in [1.165, 1.54) is 0 Å². The fraction of sp³-hybridized carbons (Fsp3) is 0.526. The van der Waals surface area contributed by atoms with Gasteiger partial charge in [0, 0.05) is 38.2 Å². The number of fused-ring (bicyclic) bond motifs is 1. The van der Waals surface area contributed by atoms with E-state index in [1.54, 1.807) is 4.90 Å². The highest BCUT2D eigenvalue weighted by Gasteiger charge is 2.41. The molecular weight excluding hydrogens is 348 g/mol. The van der Waals surface area contributed by atoms with Gasteiger partial charge in [-0.25, -0.2) is 0 Å². The fourth-order valence-corrected chi connectivity index (χ4v) is 4.31. The molecule has 1 aromatic rings. The minimum atomic E-state index is -0.677. The van der Waals surface area contributed by atoms with E-state index < -0.39 is 17.6 Å². The van der Waals surface area contributed by atoms with Crippen molar-refractivity contribution in [2.24, 2.45) is 5.73 Å². The van der Waals surface area contributed by atoms with Crippen LogP contribution in [0.15, 0.2) is 18.2 Å². The molecule has 8 nitrogen and oxygen atoms in total. The molecule has 1 aromatic carbocycles. The molecule has 0 spiro atoms. The Morgan fingerprint density at radius 2 is 2.04 bits per heavy atom. The number of nitrogens with one attached hydrogen (secondary N) is 1. The van der Waals surface area contributed by atoms with Gasteiger partial charge in [0.1, 0.15) is 6.04 Å². The standard InChI is InChI=1S/C19H24N4O4/c20-6-5-19(27)10-22(11-19)8-12-1-2-14-13(7-12)9-23(18(14)26)15-3-4-16(24)21-17(15)25/h1-2,7,15,27H,3-6,8-11,20H2,(H,21,24,25). The number of rotatable bonds is 5. The van der Waals surface area contributed by atoms with Gasteiger partial charge in [-0.1, -0.05) is 12.1 Å². The first-order chi connectivity index (χ1) is 12.9. The molecule has 4 rings (SSSR count). The van der Waals surface area contributed by atoms with Gasteiger partial charge in [0.2, 0.25) is 11.8 Å². The Morgan fingerprint density at radius 3 is 2.74 bits per heavy atom. The van der Waals surface area contributed by atoms with Crippen LogP contribution in [0.2, 0.25) is 0 Å². The molecule has 2 fully saturated rings. The maximum absolute atomic E-state index is 12.7. The Bertz CT molecular complexity index is 803. The van der Waals surface area contributed by atoms with Crippen LogP contribution in [0.25, 0.3) is 0 Å². The zero-order chi connectivity index (χ0) is 19.2. The summed E-state index contributed by atoms with van der Waals surface area (Å²) in [4.78, 5) is 39.8. The van der Waals surface area contributed by atoms with Gasteiger partial charge in [-0.2, -0.15) is 0 Å². The second-order valence-corrected chi connectivity index (χ2v) is 7.80. The van der Waals surface area contributed by atoms with Crippen molar-refractivity contribution in [1.82, 2.24) is 15.1 Å². The summed E-state index contributed by atoms with van der Waals surface area (Å²) in [5.41, 5.74) is 7.44. The molecule has 0 aliphatic carbocycles. The lowest BCUT2D eigenvalue weighted by atomic mass is 9.90. The number of hydrogen-bond acceptors (Lipinski definition) is 6. The van der Waals surface area contributed by atoms with E-state index in [9.17, 15) is 19.5 Å². The Morgan fingerprint density at radius 1 is 1.26 bits per heavy atom. The zero-order valence-corrected chi connectivity index (χ0v) is 15.1. The first kappa shape index (κ1) is 18.1. The maximum atomic E-state index is 12.7. The number of amides is 3. The second-order valence-electron chi connectivity index (χ2n) is 7.80. The van der Waals surface area contributed by atoms with Crippen molar-refractivity contribution in [1.29, 1.82) is 0 Å². The summed E-state index contributed by atoms with van der Waals surface area (Å²) in [6.07, 6.45) is 1.22. The van der Waals surface area contributed by atoms with Gasteiger partial charge in [0.15, 0.2) is 0 Å². The molecule has 144 valence electrons. The lowest BCUT2D eigenvalue weighted by Gasteiger charge is -2.46. The van der Waals surface area contributed by atoms with Crippen LogP contribution >= 0.6 is 0 Å². The van der Waals surface area contributed by atoms with Crippen LogP contribution in [0, 0.1) is 0 Å². The summed E-state index contributed by atoms with van der Waals surface area (Å²) in [6.45, 7) is 2.75. The van der Waals surface area contributed by atoms with Crippen LogP contribution in [0.3, 0.4) is 0 Å². The third-order valence-electron chi connectivity index (χ3n) is 5.64. The number of nitrogens with zero attached hydrogens (tertiary/aromatic N) is 2. The molecular formula is C19H24N4O4. The largest absolute Gasteiger partial charge is 0.387 e. The van der Waals surface area contributed by atoms with Gasteiger partial charge >= 0.3 is 0 Å². The van der Waals surface area contributed by atoms with Gasteiger partial charge in [0.05, 0.1) is 5.60 Å². The predicted molar refractivity (Wildman–Crippen MR) is 96.4 cm³/mol. The van der Waals surface area contributed by atoms with Crippen molar-refractivity contribution in [3.05, 3.63) is 34.9 Å². The average Bonchev–Trinajstić information content (AvgIpc) is 2.90. The van der Waals surface area contributed by atoms with Crippen LogP contribution in [0.5, 0.6) is 0 Å². The molecule has 4 N–H and O–H groups in total. The van der Waals surface area contributed by atoms with Crippen molar-refractivity contribution >= 4 is 17.7 Å². The Hall–Kier alpha value is -2.29. The summed E-state index contributed by atoms with van der Waals surface area (Å²) in [7, 11) is 0. The molecule has 3 aliphatic heterocycles. The first-order valence-electron chi connectivity index (χ1n) is 9.30. The van der Waals surface area contributed by atoms with E-state index in [-0.39, 0.29) is 18.2 Å². The lowest BCUT2D eigenvalue weighted by Crippen LogP contribution is -2.61. The average molecular weight is 372 g/mol. The van der Waals surface area contributed by atoms with E-state index in [0.29, 0.717) is 51.1 Å². The van der Waals surface area contributed by atoms with Crippen molar-refractivity contribution in [2.75, 3.05) is 19.6 Å². The summed E-state index contributed by atoms with van der Waals surface area (Å²) in [6, 6.07) is 5.14. The molecule has 2 saturated heterocycles. The molecule has 3 heterocycles. The highest BCUT2D eigenvalue weighted by Crippen LogP contribution is 2.30. The topological polar surface area (TPSA) is 116 Å². The van der Waals surface area contributed by atoms with E-state index in [4.69, 9.17) is 5.73 Å². The number of aliphatic hydroxyl groups is 1. The third kappa shape index (κ3) is 3.36. The highest BCUT2D eigenvalue weighted by atomic mass is 16.3. The minimum Gasteiger partial charge on any atom is -0.387 e. The number of likely N-dealkylation sites (tertiary alicyclic amines) is 1. The number of piperidine rings is 1. The van der Waals surface area contributed by atoms with E-state index in [1.807, 2.05) is 18.2 Å². The van der Waals surface area contributed by atoms with Gasteiger partial charge in [-0.3, -0.25) is 24.6 Å². The summed E-state index contributed by atoms with van der Waals surface area (Å²) >= 11 is 0. The van der Waals surface area contributed by atoms with Crippen molar-refractivity contribution in [3.63, 3.8) is 0 Å². The highest BCUT2D eigenvalue weighted by molar-refractivity contribution is 6.05. The summed E-state index contributed by atoms with van der Waals surface area (Å²) in [5.74, 6) is -0.841. The van der Waals surface area contributed by atoms with Crippen molar-refractivity contribution in [2.45, 2.75) is 44.0 Å². The monoisotopic (exact) mass is 372 g/mol. The Labute approximate surface area is 157 Å². The first-order valence-corrected chi connectivity index (χ1v) is 9.30. The molecule has 3 amide bonds. The fourth-order valence-electron chi connectivity index (χ4n) is 4.31. The van der Waals surface area contributed by atoms with E-state index in [0.717, 1.165) is 11.1 Å². The molecule has 0 aromatic heterocycles. The van der Waals surface area contributed by atoms with Crippen LogP contribution in [0.4, 0.5) is 0 Å². The Balaban J connectivity index is 1.42. The maximum Gasteiger partial charge on any atom is 0.255 e. The number of carbonyl (C=O) groups excluding carboxylic acids is 3. The van der Waals surface area contributed by atoms with Gasteiger partial charge in [-0.15, -0.1) is 0 Å². The molecule has 0 saturated carbocycles. The zero-order valence-electron chi connectivity index (χ0n) is 15.1. The number of hydrogen-bond donors (Lipinski definition) is 3. The van der Waals surface area contributed by atoms with Gasteiger partial charge < -0.3 is 15.7 Å². The lowest BCUT2D eigenvalue weighted by molar-refractivity contribution is -0.136. The summed E-state index contributed by atoms with van der Waals surface area (Å²) in [5, 5.41) is 12.5. The minimum absolute atomic E-state index is 0.160. The van der Waals surface area contributed by atoms with E-state index >= 15 is 0 Å². The normalized spacial score (nSPS) is 24.6. The van der Waals surface area contributed by atoms with Gasteiger partial charge in [-0.05, 0) is 36.6 Å². The Kier molecular flexibility index (Phi) is 4.49. The number of nitrogens with two attached hydrogens (primary N) is 1. The van der Waals surface area contributed by atoms with Crippen LogP contribution in [0.1, 0.15) is 40.7 Å². The molecule has 1 unspecified atom stereocenters. The SMILES string of the molecule is NCCC1(O)CN(Cc2ccc3c(c2)CN(C2CCC(=O)NC2=O)C3=O)C1. The number of β-amino-alcohol motifs (C(OH)–C–C–N with tert-alkyl or cyclic N) is 1. The predicted octanol–water partition coefficient (Wildman–Crippen LogP) is -0.657. The van der Waals surface area contributed by atoms with Crippen LogP contribution in [-0.2, 0) is 22.7 Å². The number of carbonyl (C=O) groups is 3. The van der Waals surface area contributed by atoms with Gasteiger partial charge in [0.25, 0.3) is 5.91 Å². The smallest absolute Gasteiger partial charge is 0.255 e. The molecule has 3 aliphatic rings. The van der Waals surface area contributed by atoms with Crippen molar-refractivity contribution < 1.29 is 19.5 Å². The van der Waals surface area contributed by atoms with Crippen LogP contribution < -0.4 is 11.1 Å². The third-order valence-corrected chi connectivity index (χ3v) is 5.64. The molecule has 8 heteroatoms. The number of benzene rings is 1. The number of imide groups is 1. The van der Waals surface area contributed by atoms with E-state index in [2.05, 4.69) is 10.2 Å². The quantitative estimate of drug-likeness (QED) is 0.591. The molecule has 1 atom stereocenters.